The molecule has 2 aromatic carbocycles. The number of aliphatic hydroxyl groups is 2. The van der Waals surface area contributed by atoms with Crippen LogP contribution in [0.1, 0.15) is 17.2 Å². The van der Waals surface area contributed by atoms with Crippen LogP contribution in [-0.4, -0.2) is 29.0 Å². The molecule has 1 amide bonds. The highest BCUT2D eigenvalue weighted by Crippen LogP contribution is 2.20. The monoisotopic (exact) mass is 335 g/mol. The van der Waals surface area contributed by atoms with Crippen molar-refractivity contribution in [2.24, 2.45) is 0 Å². The van der Waals surface area contributed by atoms with Crippen molar-refractivity contribution in [3.63, 3.8) is 0 Å². The Morgan fingerprint density at radius 1 is 1.17 bits per heavy atom. The van der Waals surface area contributed by atoms with Gasteiger partial charge in [-0.15, -0.1) is 0 Å². The van der Waals surface area contributed by atoms with Crippen LogP contribution in [0.2, 0.25) is 5.02 Å². The van der Waals surface area contributed by atoms with Crippen molar-refractivity contribution >= 4 is 17.7 Å². The summed E-state index contributed by atoms with van der Waals surface area (Å²) >= 11 is 5.87. The molecule has 0 aliphatic rings. The minimum atomic E-state index is -1.09. The Labute approximate surface area is 139 Å². The molecule has 0 aliphatic carbocycles. The van der Waals surface area contributed by atoms with E-state index in [2.05, 4.69) is 5.32 Å². The van der Waals surface area contributed by atoms with E-state index in [1.165, 1.54) is 0 Å². The highest BCUT2D eigenvalue weighted by molar-refractivity contribution is 6.30. The predicted molar refractivity (Wildman–Crippen MR) is 87.0 cm³/mol. The lowest BCUT2D eigenvalue weighted by atomic mass is 10.0. The number of carbonyl (C=O) groups is 1. The first-order valence-corrected chi connectivity index (χ1v) is 7.49. The number of rotatable bonds is 6. The molecule has 2 atom stereocenters. The van der Waals surface area contributed by atoms with Crippen LogP contribution in [0.15, 0.2) is 54.6 Å². The fraction of sp³-hybridized carbons (Fsp3) is 0.235. The average molecular weight is 336 g/mol. The van der Waals surface area contributed by atoms with Gasteiger partial charge in [-0.05, 0) is 23.3 Å². The zero-order valence-corrected chi connectivity index (χ0v) is 13.1. The van der Waals surface area contributed by atoms with E-state index >= 15 is 0 Å². The van der Waals surface area contributed by atoms with E-state index in [1.54, 1.807) is 24.3 Å². The minimum absolute atomic E-state index is 0.109. The van der Waals surface area contributed by atoms with Crippen molar-refractivity contribution in [2.75, 3.05) is 6.61 Å². The molecule has 5 nitrogen and oxygen atoms in total. The van der Waals surface area contributed by atoms with Crippen molar-refractivity contribution in [3.05, 3.63) is 70.7 Å². The van der Waals surface area contributed by atoms with Gasteiger partial charge in [0.25, 0.3) is 0 Å². The molecule has 0 unspecified atom stereocenters. The zero-order valence-electron chi connectivity index (χ0n) is 12.4. The van der Waals surface area contributed by atoms with Gasteiger partial charge < -0.3 is 20.3 Å². The summed E-state index contributed by atoms with van der Waals surface area (Å²) in [6.07, 6.45) is -1.81. The molecular weight excluding hydrogens is 318 g/mol. The molecule has 0 saturated carbocycles. The Bertz CT molecular complexity index is 636. The molecule has 0 aromatic heterocycles. The molecule has 23 heavy (non-hydrogen) atoms. The topological polar surface area (TPSA) is 78.8 Å². The Hall–Kier alpha value is -2.08. The van der Waals surface area contributed by atoms with Crippen molar-refractivity contribution < 1.29 is 19.7 Å². The SMILES string of the molecule is O=C(N[C@H](CO)[C@H](O)c1cccc(Cl)c1)OCc1ccccc1. The molecular formula is C17H18ClNO4. The number of amides is 1. The molecule has 0 spiro atoms. The van der Waals surface area contributed by atoms with Gasteiger partial charge in [-0.1, -0.05) is 54.1 Å². The van der Waals surface area contributed by atoms with Gasteiger partial charge in [0.1, 0.15) is 12.7 Å². The first-order valence-electron chi connectivity index (χ1n) is 7.11. The highest BCUT2D eigenvalue weighted by Gasteiger charge is 2.23. The summed E-state index contributed by atoms with van der Waals surface area (Å²) < 4.78 is 5.07. The molecule has 0 heterocycles. The van der Waals surface area contributed by atoms with Crippen LogP contribution >= 0.6 is 11.6 Å². The van der Waals surface area contributed by atoms with E-state index in [1.807, 2.05) is 30.3 Å². The van der Waals surface area contributed by atoms with E-state index in [0.717, 1.165) is 5.56 Å². The van der Waals surface area contributed by atoms with Crippen LogP contribution in [-0.2, 0) is 11.3 Å². The zero-order chi connectivity index (χ0) is 16.7. The lowest BCUT2D eigenvalue weighted by Crippen LogP contribution is -2.42. The number of carbonyl (C=O) groups excluding carboxylic acids is 1. The van der Waals surface area contributed by atoms with E-state index in [4.69, 9.17) is 16.3 Å². The molecule has 0 aliphatic heterocycles. The second kappa shape index (κ2) is 8.53. The molecule has 6 heteroatoms. The summed E-state index contributed by atoms with van der Waals surface area (Å²) in [4.78, 5) is 11.8. The van der Waals surface area contributed by atoms with Crippen molar-refractivity contribution in [2.45, 2.75) is 18.8 Å². The van der Waals surface area contributed by atoms with Crippen molar-refractivity contribution in [1.29, 1.82) is 0 Å². The fourth-order valence-corrected chi connectivity index (χ4v) is 2.26. The number of ether oxygens (including phenoxy) is 1. The number of aliphatic hydroxyl groups excluding tert-OH is 2. The standard InChI is InChI=1S/C17H18ClNO4/c18-14-8-4-7-13(9-14)16(21)15(10-20)19-17(22)23-11-12-5-2-1-3-6-12/h1-9,15-16,20-21H,10-11H2,(H,19,22)/t15-,16-/m1/s1. The maximum atomic E-state index is 11.8. The van der Waals surface area contributed by atoms with Gasteiger partial charge in [0.15, 0.2) is 0 Å². The van der Waals surface area contributed by atoms with Gasteiger partial charge >= 0.3 is 6.09 Å². The van der Waals surface area contributed by atoms with E-state index in [0.29, 0.717) is 10.6 Å². The summed E-state index contributed by atoms with van der Waals surface area (Å²) in [7, 11) is 0. The van der Waals surface area contributed by atoms with Crippen LogP contribution < -0.4 is 5.32 Å². The average Bonchev–Trinajstić information content (AvgIpc) is 2.58. The summed E-state index contributed by atoms with van der Waals surface area (Å²) in [6.45, 7) is -0.327. The summed E-state index contributed by atoms with van der Waals surface area (Å²) in [6, 6.07) is 14.9. The first-order chi connectivity index (χ1) is 11.1. The predicted octanol–water partition coefficient (Wildman–Crippen LogP) is 2.66. The number of halogens is 1. The Morgan fingerprint density at radius 3 is 2.57 bits per heavy atom. The normalized spacial score (nSPS) is 13.2. The quantitative estimate of drug-likeness (QED) is 0.758. The minimum Gasteiger partial charge on any atom is -0.445 e. The molecule has 0 saturated heterocycles. The lowest BCUT2D eigenvalue weighted by Gasteiger charge is -2.22. The van der Waals surface area contributed by atoms with E-state index < -0.39 is 24.8 Å². The molecule has 122 valence electrons. The van der Waals surface area contributed by atoms with E-state index in [9.17, 15) is 15.0 Å². The number of hydrogen-bond acceptors (Lipinski definition) is 4. The van der Waals surface area contributed by atoms with Crippen LogP contribution in [0.25, 0.3) is 0 Å². The summed E-state index contributed by atoms with van der Waals surface area (Å²) in [5.74, 6) is 0. The molecule has 2 rings (SSSR count). The maximum Gasteiger partial charge on any atom is 0.407 e. The number of hydrogen-bond donors (Lipinski definition) is 3. The van der Waals surface area contributed by atoms with Gasteiger partial charge in [-0.2, -0.15) is 0 Å². The Morgan fingerprint density at radius 2 is 1.91 bits per heavy atom. The summed E-state index contributed by atoms with van der Waals surface area (Å²) in [5.41, 5.74) is 1.35. The van der Waals surface area contributed by atoms with Gasteiger partial charge in [0.2, 0.25) is 0 Å². The lowest BCUT2D eigenvalue weighted by molar-refractivity contribution is 0.0763. The molecule has 3 N–H and O–H groups in total. The second-order valence-electron chi connectivity index (χ2n) is 4.99. The van der Waals surface area contributed by atoms with Crippen molar-refractivity contribution in [1.82, 2.24) is 5.32 Å². The van der Waals surface area contributed by atoms with Gasteiger partial charge in [0, 0.05) is 5.02 Å². The van der Waals surface area contributed by atoms with Crippen LogP contribution in [0, 0.1) is 0 Å². The number of nitrogens with one attached hydrogen (secondary N) is 1. The maximum absolute atomic E-state index is 11.8. The smallest absolute Gasteiger partial charge is 0.407 e. The summed E-state index contributed by atoms with van der Waals surface area (Å²) in [5, 5.41) is 22.6. The fourth-order valence-electron chi connectivity index (χ4n) is 2.06. The van der Waals surface area contributed by atoms with E-state index in [-0.39, 0.29) is 6.61 Å². The van der Waals surface area contributed by atoms with Gasteiger partial charge in [-0.25, -0.2) is 4.79 Å². The Balaban J connectivity index is 1.91. The largest absolute Gasteiger partial charge is 0.445 e. The molecule has 0 bridgehead atoms. The number of alkyl carbamates (subject to hydrolysis) is 1. The van der Waals surface area contributed by atoms with Crippen LogP contribution in [0.5, 0.6) is 0 Å². The highest BCUT2D eigenvalue weighted by atomic mass is 35.5. The third-order valence-electron chi connectivity index (χ3n) is 3.28. The molecule has 0 fully saturated rings. The third-order valence-corrected chi connectivity index (χ3v) is 3.52. The number of benzene rings is 2. The molecule has 2 aromatic rings. The molecule has 0 radical (unpaired) electrons. The van der Waals surface area contributed by atoms with Gasteiger partial charge in [0.05, 0.1) is 12.6 Å². The Kier molecular flexibility index (Phi) is 6.40. The first kappa shape index (κ1) is 17.3. The van der Waals surface area contributed by atoms with Gasteiger partial charge in [-0.3, -0.25) is 0 Å². The second-order valence-corrected chi connectivity index (χ2v) is 5.43. The van der Waals surface area contributed by atoms with Crippen LogP contribution in [0.4, 0.5) is 4.79 Å². The third kappa shape index (κ3) is 5.25. The van der Waals surface area contributed by atoms with Crippen LogP contribution in [0.3, 0.4) is 0 Å². The van der Waals surface area contributed by atoms with Crippen molar-refractivity contribution in [3.8, 4) is 0 Å².